The molecule has 1 N–H and O–H groups in total. The molecule has 118 valence electrons. The molecule has 2 aromatic rings. The SMILES string of the molecule is CCNC(=O)[C@@H](C)Sc1nc(C)nc2sc3c(c12)CCCC3. The summed E-state index contributed by atoms with van der Waals surface area (Å²) in [5.74, 6) is 0.859. The molecular weight excluding hydrogens is 314 g/mol. The summed E-state index contributed by atoms with van der Waals surface area (Å²) < 4.78 is 0. The number of aryl methyl sites for hydroxylation is 3. The summed E-state index contributed by atoms with van der Waals surface area (Å²) in [5.41, 5.74) is 1.43. The standard InChI is InChI=1S/C16H21N3OS2/c1-4-17-14(20)9(2)21-15-13-11-7-5-6-8-12(11)22-16(13)19-10(3)18-15/h9H,4-8H2,1-3H3,(H,17,20)/t9-/m1/s1. The van der Waals surface area contributed by atoms with Gasteiger partial charge in [0.2, 0.25) is 5.91 Å². The topological polar surface area (TPSA) is 54.9 Å². The fourth-order valence-corrected chi connectivity index (χ4v) is 5.27. The maximum absolute atomic E-state index is 12.0. The van der Waals surface area contributed by atoms with E-state index in [9.17, 15) is 4.79 Å². The molecule has 22 heavy (non-hydrogen) atoms. The Kier molecular flexibility index (Phi) is 4.68. The second-order valence-electron chi connectivity index (χ2n) is 5.62. The van der Waals surface area contributed by atoms with Crippen LogP contribution in [0.25, 0.3) is 10.2 Å². The van der Waals surface area contributed by atoms with E-state index < -0.39 is 0 Å². The molecular formula is C16H21N3OS2. The van der Waals surface area contributed by atoms with Crippen LogP contribution in [0.15, 0.2) is 5.03 Å². The third-order valence-corrected chi connectivity index (χ3v) is 6.17. The molecule has 0 unspecified atom stereocenters. The quantitative estimate of drug-likeness (QED) is 0.686. The first-order valence-corrected chi connectivity index (χ1v) is 9.53. The summed E-state index contributed by atoms with van der Waals surface area (Å²) in [6.45, 7) is 6.48. The van der Waals surface area contributed by atoms with Crippen molar-refractivity contribution >= 4 is 39.2 Å². The Morgan fingerprint density at radius 1 is 1.36 bits per heavy atom. The predicted octanol–water partition coefficient (Wildman–Crippen LogP) is 3.50. The Balaban J connectivity index is 2.01. The molecule has 0 fully saturated rings. The van der Waals surface area contributed by atoms with Crippen LogP contribution in [0, 0.1) is 6.92 Å². The van der Waals surface area contributed by atoms with Crippen LogP contribution in [-0.4, -0.2) is 27.7 Å². The van der Waals surface area contributed by atoms with Crippen molar-refractivity contribution < 1.29 is 4.79 Å². The number of nitrogens with zero attached hydrogens (tertiary/aromatic N) is 2. The highest BCUT2D eigenvalue weighted by Gasteiger charge is 2.23. The summed E-state index contributed by atoms with van der Waals surface area (Å²) in [4.78, 5) is 23.8. The van der Waals surface area contributed by atoms with Gasteiger partial charge in [0.05, 0.1) is 5.25 Å². The van der Waals surface area contributed by atoms with E-state index in [1.807, 2.05) is 32.1 Å². The Bertz CT molecular complexity index is 711. The number of hydrogen-bond donors (Lipinski definition) is 1. The lowest BCUT2D eigenvalue weighted by Crippen LogP contribution is -2.30. The maximum Gasteiger partial charge on any atom is 0.233 e. The lowest BCUT2D eigenvalue weighted by atomic mass is 9.97. The first-order valence-electron chi connectivity index (χ1n) is 7.83. The van der Waals surface area contributed by atoms with Gasteiger partial charge in [-0.2, -0.15) is 0 Å². The zero-order chi connectivity index (χ0) is 15.7. The third-order valence-electron chi connectivity index (χ3n) is 3.90. The van der Waals surface area contributed by atoms with Crippen molar-refractivity contribution in [2.75, 3.05) is 6.54 Å². The van der Waals surface area contributed by atoms with E-state index in [1.54, 1.807) is 11.8 Å². The number of carbonyl (C=O) groups is 1. The number of thiophene rings is 1. The van der Waals surface area contributed by atoms with E-state index in [2.05, 4.69) is 15.3 Å². The minimum Gasteiger partial charge on any atom is -0.355 e. The van der Waals surface area contributed by atoms with Gasteiger partial charge in [-0.1, -0.05) is 11.8 Å². The smallest absolute Gasteiger partial charge is 0.233 e. The van der Waals surface area contributed by atoms with Crippen molar-refractivity contribution in [1.29, 1.82) is 0 Å². The molecule has 1 atom stereocenters. The summed E-state index contributed by atoms with van der Waals surface area (Å²) in [5, 5.41) is 4.91. The van der Waals surface area contributed by atoms with Gasteiger partial charge in [0, 0.05) is 16.8 Å². The van der Waals surface area contributed by atoms with Gasteiger partial charge in [0.15, 0.2) is 0 Å². The maximum atomic E-state index is 12.0. The molecule has 0 bridgehead atoms. The van der Waals surface area contributed by atoms with Gasteiger partial charge in [-0.3, -0.25) is 4.79 Å². The van der Waals surface area contributed by atoms with E-state index >= 15 is 0 Å². The molecule has 0 saturated carbocycles. The zero-order valence-corrected chi connectivity index (χ0v) is 14.9. The minimum absolute atomic E-state index is 0.0704. The Hall–Kier alpha value is -1.14. The Labute approximate surface area is 139 Å². The molecule has 1 aliphatic carbocycles. The second kappa shape index (κ2) is 6.54. The van der Waals surface area contributed by atoms with Crippen LogP contribution in [0.4, 0.5) is 0 Å². The van der Waals surface area contributed by atoms with Crippen molar-refractivity contribution in [3.8, 4) is 0 Å². The van der Waals surface area contributed by atoms with Crippen LogP contribution in [-0.2, 0) is 17.6 Å². The van der Waals surface area contributed by atoms with E-state index in [-0.39, 0.29) is 11.2 Å². The summed E-state index contributed by atoms with van der Waals surface area (Å²) in [6.07, 6.45) is 4.78. The number of nitrogens with one attached hydrogen (secondary N) is 1. The molecule has 0 radical (unpaired) electrons. The van der Waals surface area contributed by atoms with Crippen LogP contribution in [0.1, 0.15) is 43.0 Å². The van der Waals surface area contributed by atoms with E-state index in [1.165, 1.54) is 28.7 Å². The van der Waals surface area contributed by atoms with E-state index in [0.29, 0.717) is 6.54 Å². The van der Waals surface area contributed by atoms with Crippen LogP contribution in [0.2, 0.25) is 0 Å². The monoisotopic (exact) mass is 335 g/mol. The van der Waals surface area contributed by atoms with Crippen molar-refractivity contribution in [2.45, 2.75) is 56.7 Å². The minimum atomic E-state index is -0.142. The normalized spacial score (nSPS) is 15.6. The average Bonchev–Trinajstić information content (AvgIpc) is 2.85. The molecule has 2 heterocycles. The molecule has 0 aromatic carbocycles. The number of aromatic nitrogens is 2. The average molecular weight is 335 g/mol. The largest absolute Gasteiger partial charge is 0.355 e. The lowest BCUT2D eigenvalue weighted by Gasteiger charge is -2.14. The van der Waals surface area contributed by atoms with Gasteiger partial charge in [-0.15, -0.1) is 11.3 Å². The molecule has 6 heteroatoms. The Morgan fingerprint density at radius 3 is 2.91 bits per heavy atom. The van der Waals surface area contributed by atoms with Gasteiger partial charge in [0.25, 0.3) is 0 Å². The zero-order valence-electron chi connectivity index (χ0n) is 13.2. The van der Waals surface area contributed by atoms with Gasteiger partial charge in [-0.05, 0) is 52.0 Å². The molecule has 1 amide bonds. The third kappa shape index (κ3) is 2.99. The van der Waals surface area contributed by atoms with Crippen molar-refractivity contribution in [3.63, 3.8) is 0 Å². The number of carbonyl (C=O) groups excluding carboxylic acids is 1. The fourth-order valence-electron chi connectivity index (χ4n) is 2.85. The number of fused-ring (bicyclic) bond motifs is 3. The predicted molar refractivity (Wildman–Crippen MR) is 92.8 cm³/mol. The molecule has 2 aromatic heterocycles. The first-order chi connectivity index (χ1) is 10.6. The van der Waals surface area contributed by atoms with Gasteiger partial charge in [0.1, 0.15) is 15.7 Å². The van der Waals surface area contributed by atoms with Gasteiger partial charge < -0.3 is 5.32 Å². The van der Waals surface area contributed by atoms with Crippen molar-refractivity contribution in [3.05, 3.63) is 16.3 Å². The van der Waals surface area contributed by atoms with Crippen molar-refractivity contribution in [2.24, 2.45) is 0 Å². The van der Waals surface area contributed by atoms with E-state index in [0.717, 1.165) is 28.5 Å². The number of amides is 1. The lowest BCUT2D eigenvalue weighted by molar-refractivity contribution is -0.120. The molecule has 0 aliphatic heterocycles. The molecule has 4 nitrogen and oxygen atoms in total. The number of thioether (sulfide) groups is 1. The molecule has 0 saturated heterocycles. The summed E-state index contributed by atoms with van der Waals surface area (Å²) >= 11 is 3.37. The Morgan fingerprint density at radius 2 is 2.14 bits per heavy atom. The summed E-state index contributed by atoms with van der Waals surface area (Å²) in [7, 11) is 0. The fraction of sp³-hybridized carbons (Fsp3) is 0.562. The number of hydrogen-bond acceptors (Lipinski definition) is 5. The molecule has 1 aliphatic rings. The number of rotatable bonds is 4. The highest BCUT2D eigenvalue weighted by molar-refractivity contribution is 8.00. The van der Waals surface area contributed by atoms with Crippen LogP contribution < -0.4 is 5.32 Å². The van der Waals surface area contributed by atoms with Crippen LogP contribution in [0.5, 0.6) is 0 Å². The van der Waals surface area contributed by atoms with Gasteiger partial charge >= 0.3 is 0 Å². The molecule has 0 spiro atoms. The highest BCUT2D eigenvalue weighted by atomic mass is 32.2. The first kappa shape index (κ1) is 15.7. The van der Waals surface area contributed by atoms with Crippen molar-refractivity contribution in [1.82, 2.24) is 15.3 Å². The van der Waals surface area contributed by atoms with E-state index in [4.69, 9.17) is 0 Å². The van der Waals surface area contributed by atoms with Crippen LogP contribution in [0.3, 0.4) is 0 Å². The van der Waals surface area contributed by atoms with Crippen LogP contribution >= 0.6 is 23.1 Å². The summed E-state index contributed by atoms with van der Waals surface area (Å²) in [6, 6.07) is 0. The highest BCUT2D eigenvalue weighted by Crippen LogP contribution is 2.40. The molecule has 3 rings (SSSR count). The van der Waals surface area contributed by atoms with Gasteiger partial charge in [-0.25, -0.2) is 9.97 Å². The second-order valence-corrected chi connectivity index (χ2v) is 8.03.